The van der Waals surface area contributed by atoms with Crippen LogP contribution < -0.4 is 10.6 Å². The van der Waals surface area contributed by atoms with Crippen LogP contribution in [0.2, 0.25) is 0 Å². The summed E-state index contributed by atoms with van der Waals surface area (Å²) in [5, 5.41) is 14.2. The zero-order valence-electron chi connectivity index (χ0n) is 13.6. The van der Waals surface area contributed by atoms with Crippen molar-refractivity contribution in [3.05, 3.63) is 29.8 Å². The number of carbonyl (C=O) groups is 1. The van der Waals surface area contributed by atoms with E-state index in [1.165, 1.54) is 0 Å². The van der Waals surface area contributed by atoms with E-state index in [1.54, 1.807) is 12.1 Å². The molecule has 1 amide bonds. The Labute approximate surface area is 142 Å². The Morgan fingerprint density at radius 2 is 2.12 bits per heavy atom. The molecule has 1 aromatic rings. The van der Waals surface area contributed by atoms with Gasteiger partial charge in [0, 0.05) is 6.54 Å². The molecule has 7 heteroatoms. The Balaban J connectivity index is 1.73. The number of amides is 1. The van der Waals surface area contributed by atoms with Crippen molar-refractivity contribution in [1.82, 2.24) is 10.6 Å². The quantitative estimate of drug-likeness (QED) is 0.825. The minimum Gasteiger partial charge on any atom is -0.336 e. The van der Waals surface area contributed by atoms with Crippen LogP contribution >= 0.6 is 0 Å². The number of rotatable bonds is 5. The number of carbonyl (C=O) groups excluding carboxylic acids is 1. The normalized spacial score (nSPS) is 25.0. The monoisotopic (exact) mass is 347 g/mol. The minimum absolute atomic E-state index is 0.230. The summed E-state index contributed by atoms with van der Waals surface area (Å²) >= 11 is 0. The van der Waals surface area contributed by atoms with Crippen LogP contribution in [-0.4, -0.2) is 37.7 Å². The summed E-state index contributed by atoms with van der Waals surface area (Å²) in [6.07, 6.45) is 2.19. The Kier molecular flexibility index (Phi) is 4.37. The fourth-order valence-corrected chi connectivity index (χ4v) is 5.07. The number of nitriles is 1. The second-order valence-electron chi connectivity index (χ2n) is 6.51. The van der Waals surface area contributed by atoms with Crippen molar-refractivity contribution in [3.63, 3.8) is 0 Å². The van der Waals surface area contributed by atoms with Crippen LogP contribution in [-0.2, 0) is 21.1 Å². The first-order chi connectivity index (χ1) is 11.4. The van der Waals surface area contributed by atoms with Crippen molar-refractivity contribution in [2.75, 3.05) is 6.54 Å². The van der Waals surface area contributed by atoms with Gasteiger partial charge in [-0.05, 0) is 37.3 Å². The average molecular weight is 347 g/mol. The summed E-state index contributed by atoms with van der Waals surface area (Å²) in [4.78, 5) is 12.6. The largest absolute Gasteiger partial charge is 0.336 e. The summed E-state index contributed by atoms with van der Waals surface area (Å²) in [6.45, 7) is 2.17. The molecule has 0 bridgehead atoms. The topological polar surface area (TPSA) is 99.1 Å². The highest BCUT2D eigenvalue weighted by Crippen LogP contribution is 2.34. The maximum atomic E-state index is 12.9. The molecule has 0 radical (unpaired) electrons. The van der Waals surface area contributed by atoms with E-state index < -0.39 is 26.7 Å². The van der Waals surface area contributed by atoms with Crippen LogP contribution in [0, 0.1) is 11.3 Å². The lowest BCUT2D eigenvalue weighted by atomic mass is 10.2. The van der Waals surface area contributed by atoms with Gasteiger partial charge < -0.3 is 10.6 Å². The van der Waals surface area contributed by atoms with Gasteiger partial charge >= 0.3 is 0 Å². The lowest BCUT2D eigenvalue weighted by Crippen LogP contribution is -2.45. The maximum absolute atomic E-state index is 12.9. The molecule has 0 aromatic heterocycles. The highest BCUT2D eigenvalue weighted by Gasteiger charge is 2.47. The van der Waals surface area contributed by atoms with Crippen molar-refractivity contribution >= 4 is 15.7 Å². The van der Waals surface area contributed by atoms with Crippen LogP contribution in [0.15, 0.2) is 29.2 Å². The van der Waals surface area contributed by atoms with Crippen molar-refractivity contribution in [1.29, 1.82) is 5.26 Å². The number of hydrogen-bond donors (Lipinski definition) is 2. The SMILES string of the molecule is CCc1ccccc1S(=O)(=O)[C@H]1CN[C@H](C(=O)NC2(C#N)CC2)C1. The number of nitrogens with zero attached hydrogens (tertiary/aromatic N) is 1. The Morgan fingerprint density at radius 1 is 1.42 bits per heavy atom. The van der Waals surface area contributed by atoms with Crippen LogP contribution in [0.3, 0.4) is 0 Å². The van der Waals surface area contributed by atoms with Crippen LogP contribution in [0.5, 0.6) is 0 Å². The van der Waals surface area contributed by atoms with Crippen LogP contribution in [0.4, 0.5) is 0 Å². The number of nitrogens with one attached hydrogen (secondary N) is 2. The highest BCUT2D eigenvalue weighted by molar-refractivity contribution is 7.92. The predicted molar refractivity (Wildman–Crippen MR) is 88.9 cm³/mol. The van der Waals surface area contributed by atoms with Gasteiger partial charge in [-0.3, -0.25) is 4.79 Å². The third-order valence-corrected chi connectivity index (χ3v) is 7.08. The van der Waals surface area contributed by atoms with Gasteiger partial charge in [-0.2, -0.15) is 5.26 Å². The first-order valence-electron chi connectivity index (χ1n) is 8.20. The van der Waals surface area contributed by atoms with Crippen molar-refractivity contribution < 1.29 is 13.2 Å². The van der Waals surface area contributed by atoms with E-state index in [2.05, 4.69) is 16.7 Å². The van der Waals surface area contributed by atoms with Gasteiger partial charge in [-0.1, -0.05) is 25.1 Å². The maximum Gasteiger partial charge on any atom is 0.238 e. The molecule has 1 aromatic carbocycles. The zero-order chi connectivity index (χ0) is 17.4. The predicted octanol–water partition coefficient (Wildman–Crippen LogP) is 0.926. The molecule has 0 unspecified atom stereocenters. The Morgan fingerprint density at radius 3 is 2.75 bits per heavy atom. The molecule has 1 aliphatic carbocycles. The van der Waals surface area contributed by atoms with Gasteiger partial charge in [0.25, 0.3) is 0 Å². The van der Waals surface area contributed by atoms with E-state index in [1.807, 2.05) is 19.1 Å². The molecule has 1 saturated carbocycles. The smallest absolute Gasteiger partial charge is 0.238 e. The first-order valence-corrected chi connectivity index (χ1v) is 9.75. The molecule has 6 nitrogen and oxygen atoms in total. The molecule has 1 saturated heterocycles. The molecule has 128 valence electrons. The van der Waals surface area contributed by atoms with E-state index in [9.17, 15) is 13.2 Å². The van der Waals surface area contributed by atoms with Crippen molar-refractivity contribution in [3.8, 4) is 6.07 Å². The molecule has 2 fully saturated rings. The number of benzene rings is 1. The summed E-state index contributed by atoms with van der Waals surface area (Å²) in [5.41, 5.74) is 0.0664. The van der Waals surface area contributed by atoms with Gasteiger partial charge in [-0.25, -0.2) is 8.42 Å². The summed E-state index contributed by atoms with van der Waals surface area (Å²) in [6, 6.07) is 8.56. The number of sulfone groups is 1. The third kappa shape index (κ3) is 3.04. The summed E-state index contributed by atoms with van der Waals surface area (Å²) < 4.78 is 25.8. The summed E-state index contributed by atoms with van der Waals surface area (Å²) in [7, 11) is -3.49. The molecular weight excluding hydrogens is 326 g/mol. The molecule has 1 aliphatic heterocycles. The molecule has 2 N–H and O–H groups in total. The van der Waals surface area contributed by atoms with E-state index in [0.717, 1.165) is 5.56 Å². The zero-order valence-corrected chi connectivity index (χ0v) is 14.4. The van der Waals surface area contributed by atoms with Gasteiger partial charge in [0.2, 0.25) is 5.91 Å². The van der Waals surface area contributed by atoms with E-state index in [4.69, 9.17) is 5.26 Å². The molecule has 2 atom stereocenters. The Hall–Kier alpha value is -1.91. The van der Waals surface area contributed by atoms with Gasteiger partial charge in [0.1, 0.15) is 5.54 Å². The van der Waals surface area contributed by atoms with E-state index in [0.29, 0.717) is 24.2 Å². The van der Waals surface area contributed by atoms with Crippen LogP contribution in [0.25, 0.3) is 0 Å². The second kappa shape index (κ2) is 6.19. The van der Waals surface area contributed by atoms with E-state index in [-0.39, 0.29) is 18.9 Å². The molecule has 0 spiro atoms. The van der Waals surface area contributed by atoms with Crippen LogP contribution in [0.1, 0.15) is 31.7 Å². The first kappa shape index (κ1) is 16.9. The lowest BCUT2D eigenvalue weighted by molar-refractivity contribution is -0.123. The molecule has 2 aliphatic rings. The highest BCUT2D eigenvalue weighted by atomic mass is 32.2. The van der Waals surface area contributed by atoms with E-state index >= 15 is 0 Å². The average Bonchev–Trinajstić information content (AvgIpc) is 3.17. The molecule has 1 heterocycles. The number of aryl methyl sites for hydroxylation is 1. The van der Waals surface area contributed by atoms with Gasteiger partial charge in [-0.15, -0.1) is 0 Å². The third-order valence-electron chi connectivity index (χ3n) is 4.83. The fourth-order valence-electron chi connectivity index (χ4n) is 3.11. The minimum atomic E-state index is -3.49. The molecule has 3 rings (SSSR count). The second-order valence-corrected chi connectivity index (χ2v) is 8.70. The van der Waals surface area contributed by atoms with Crippen molar-refractivity contribution in [2.24, 2.45) is 0 Å². The van der Waals surface area contributed by atoms with Crippen molar-refractivity contribution in [2.45, 2.75) is 54.3 Å². The Bertz CT molecular complexity index is 794. The fraction of sp³-hybridized carbons (Fsp3) is 0.529. The lowest BCUT2D eigenvalue weighted by Gasteiger charge is -2.15. The van der Waals surface area contributed by atoms with Gasteiger partial charge in [0.15, 0.2) is 9.84 Å². The van der Waals surface area contributed by atoms with Gasteiger partial charge in [0.05, 0.1) is 22.3 Å². The molecular formula is C17H21N3O3S. The number of hydrogen-bond acceptors (Lipinski definition) is 5. The molecule has 24 heavy (non-hydrogen) atoms. The standard InChI is InChI=1S/C17H21N3O3S/c1-2-12-5-3-4-6-15(12)24(22,23)13-9-14(19-10-13)16(21)20-17(11-18)7-8-17/h3-6,13-14,19H,2,7-10H2,1H3,(H,20,21)/t13-,14+/m1/s1. The summed E-state index contributed by atoms with van der Waals surface area (Å²) in [5.74, 6) is -0.282.